The molecule has 104 valence electrons. The zero-order valence-corrected chi connectivity index (χ0v) is 11.5. The Bertz CT molecular complexity index is 455. The van der Waals surface area contributed by atoms with Gasteiger partial charge in [0.1, 0.15) is 5.82 Å². The van der Waals surface area contributed by atoms with Crippen LogP contribution in [0.15, 0.2) is 18.2 Å². The maximum absolute atomic E-state index is 13.4. The summed E-state index contributed by atoms with van der Waals surface area (Å²) in [6.07, 6.45) is 2.37. The van der Waals surface area contributed by atoms with Gasteiger partial charge in [0, 0.05) is 25.2 Å². The Hall–Kier alpha value is -0.970. The molecule has 2 aliphatic heterocycles. The Balaban J connectivity index is 1.81. The van der Waals surface area contributed by atoms with Crippen LogP contribution in [0.5, 0.6) is 0 Å². The highest BCUT2D eigenvalue weighted by Gasteiger charge is 2.35. The Labute approximate surface area is 114 Å². The minimum absolute atomic E-state index is 0.151. The van der Waals surface area contributed by atoms with Gasteiger partial charge in [-0.3, -0.25) is 4.90 Å². The Kier molecular flexibility index (Phi) is 3.56. The van der Waals surface area contributed by atoms with Crippen molar-refractivity contribution in [2.45, 2.75) is 31.5 Å². The molecule has 0 spiro atoms. The van der Waals surface area contributed by atoms with E-state index in [1.807, 2.05) is 6.07 Å². The van der Waals surface area contributed by atoms with Crippen LogP contribution in [0.4, 0.5) is 4.39 Å². The van der Waals surface area contributed by atoms with Gasteiger partial charge in [-0.15, -0.1) is 0 Å². The topological polar surface area (TPSA) is 32.5 Å². The van der Waals surface area contributed by atoms with Crippen molar-refractivity contribution in [1.82, 2.24) is 9.80 Å². The molecule has 3 rings (SSSR count). The van der Waals surface area contributed by atoms with Crippen LogP contribution < -0.4 is 5.73 Å². The third-order valence-electron chi connectivity index (χ3n) is 4.60. The Morgan fingerprint density at radius 3 is 2.74 bits per heavy atom. The number of likely N-dealkylation sites (tertiary alicyclic amines) is 1. The van der Waals surface area contributed by atoms with Crippen molar-refractivity contribution in [1.29, 1.82) is 0 Å². The number of fused-ring (bicyclic) bond motifs is 1. The van der Waals surface area contributed by atoms with Crippen molar-refractivity contribution in [3.63, 3.8) is 0 Å². The molecule has 0 saturated carbocycles. The summed E-state index contributed by atoms with van der Waals surface area (Å²) < 4.78 is 13.4. The summed E-state index contributed by atoms with van der Waals surface area (Å²) in [6, 6.07) is 5.92. The van der Waals surface area contributed by atoms with Crippen molar-refractivity contribution < 1.29 is 4.39 Å². The molecule has 3 nitrogen and oxygen atoms in total. The Morgan fingerprint density at radius 2 is 2.05 bits per heavy atom. The third-order valence-corrected chi connectivity index (χ3v) is 4.60. The molecular weight excluding hydrogens is 241 g/mol. The monoisotopic (exact) mass is 263 g/mol. The zero-order valence-electron chi connectivity index (χ0n) is 11.5. The SMILES string of the molecule is CN1CCC(N2Cc3ccc(F)cc3C2CN)CC1. The second-order valence-corrected chi connectivity index (χ2v) is 5.80. The van der Waals surface area contributed by atoms with Crippen LogP contribution in [0.2, 0.25) is 0 Å². The largest absolute Gasteiger partial charge is 0.329 e. The second kappa shape index (κ2) is 5.19. The van der Waals surface area contributed by atoms with E-state index in [0.29, 0.717) is 12.6 Å². The van der Waals surface area contributed by atoms with Crippen LogP contribution in [0.3, 0.4) is 0 Å². The summed E-state index contributed by atoms with van der Waals surface area (Å²) in [5.41, 5.74) is 8.29. The predicted molar refractivity (Wildman–Crippen MR) is 74.3 cm³/mol. The fourth-order valence-corrected chi connectivity index (χ4v) is 3.48. The Morgan fingerprint density at radius 1 is 1.32 bits per heavy atom. The number of nitrogens with two attached hydrogens (primary N) is 1. The standard InChI is InChI=1S/C15H22FN3/c1-18-6-4-13(5-7-18)19-10-11-2-3-12(16)8-14(11)15(19)9-17/h2-3,8,13,15H,4-7,9-10,17H2,1H3. The lowest BCUT2D eigenvalue weighted by Crippen LogP contribution is -2.44. The van der Waals surface area contributed by atoms with E-state index < -0.39 is 0 Å². The number of hydrogen-bond donors (Lipinski definition) is 1. The van der Waals surface area contributed by atoms with Crippen LogP contribution >= 0.6 is 0 Å². The van der Waals surface area contributed by atoms with E-state index in [-0.39, 0.29) is 11.9 Å². The fourth-order valence-electron chi connectivity index (χ4n) is 3.48. The van der Waals surface area contributed by atoms with Gasteiger partial charge in [-0.25, -0.2) is 4.39 Å². The fraction of sp³-hybridized carbons (Fsp3) is 0.600. The van der Waals surface area contributed by atoms with Crippen LogP contribution in [0, 0.1) is 5.82 Å². The van der Waals surface area contributed by atoms with Crippen molar-refractivity contribution in [3.8, 4) is 0 Å². The molecule has 0 aromatic heterocycles. The van der Waals surface area contributed by atoms with Crippen molar-refractivity contribution in [2.24, 2.45) is 5.73 Å². The van der Waals surface area contributed by atoms with Gasteiger partial charge in [0.25, 0.3) is 0 Å². The van der Waals surface area contributed by atoms with Crippen molar-refractivity contribution in [3.05, 3.63) is 35.1 Å². The van der Waals surface area contributed by atoms with Gasteiger partial charge >= 0.3 is 0 Å². The summed E-state index contributed by atoms with van der Waals surface area (Å²) in [4.78, 5) is 4.86. The summed E-state index contributed by atoms with van der Waals surface area (Å²) in [7, 11) is 2.17. The van der Waals surface area contributed by atoms with Gasteiger partial charge in [0.05, 0.1) is 0 Å². The lowest BCUT2D eigenvalue weighted by Gasteiger charge is -2.38. The molecule has 0 aliphatic carbocycles. The zero-order chi connectivity index (χ0) is 13.4. The third kappa shape index (κ3) is 2.40. The van der Waals surface area contributed by atoms with Gasteiger partial charge in [0.2, 0.25) is 0 Å². The van der Waals surface area contributed by atoms with E-state index in [0.717, 1.165) is 25.2 Å². The molecule has 1 atom stereocenters. The highest BCUT2D eigenvalue weighted by molar-refractivity contribution is 5.35. The van der Waals surface area contributed by atoms with Crippen LogP contribution in [-0.4, -0.2) is 42.5 Å². The van der Waals surface area contributed by atoms with Gasteiger partial charge in [-0.05, 0) is 56.2 Å². The van der Waals surface area contributed by atoms with E-state index in [1.165, 1.54) is 18.4 Å². The molecule has 2 N–H and O–H groups in total. The second-order valence-electron chi connectivity index (χ2n) is 5.80. The molecule has 1 unspecified atom stereocenters. The summed E-state index contributed by atoms with van der Waals surface area (Å²) >= 11 is 0. The van der Waals surface area contributed by atoms with Crippen LogP contribution in [0.25, 0.3) is 0 Å². The van der Waals surface area contributed by atoms with Crippen molar-refractivity contribution >= 4 is 0 Å². The molecule has 4 heteroatoms. The first-order valence-electron chi connectivity index (χ1n) is 7.11. The first kappa shape index (κ1) is 13.0. The first-order valence-corrected chi connectivity index (χ1v) is 7.11. The average molecular weight is 263 g/mol. The normalized spacial score (nSPS) is 25.7. The number of benzene rings is 1. The van der Waals surface area contributed by atoms with Gasteiger partial charge < -0.3 is 10.6 Å². The average Bonchev–Trinajstić information content (AvgIpc) is 2.77. The maximum Gasteiger partial charge on any atom is 0.123 e. The van der Waals surface area contributed by atoms with E-state index in [4.69, 9.17) is 5.73 Å². The molecule has 1 fully saturated rings. The van der Waals surface area contributed by atoms with Crippen LogP contribution in [0.1, 0.15) is 30.0 Å². The lowest BCUT2D eigenvalue weighted by atomic mass is 10.0. The molecule has 1 aromatic rings. The molecule has 0 bridgehead atoms. The number of nitrogens with zero attached hydrogens (tertiary/aromatic N) is 2. The molecule has 2 heterocycles. The van der Waals surface area contributed by atoms with E-state index in [9.17, 15) is 4.39 Å². The van der Waals surface area contributed by atoms with E-state index in [1.54, 1.807) is 12.1 Å². The lowest BCUT2D eigenvalue weighted by molar-refractivity contribution is 0.0908. The molecule has 0 amide bonds. The first-order chi connectivity index (χ1) is 9.19. The molecule has 1 saturated heterocycles. The number of hydrogen-bond acceptors (Lipinski definition) is 3. The quantitative estimate of drug-likeness (QED) is 0.882. The maximum atomic E-state index is 13.4. The molecular formula is C15H22FN3. The number of rotatable bonds is 2. The minimum atomic E-state index is -0.151. The predicted octanol–water partition coefficient (Wildman–Crippen LogP) is 1.74. The highest BCUT2D eigenvalue weighted by Crippen LogP contribution is 2.37. The van der Waals surface area contributed by atoms with Gasteiger partial charge in [0.15, 0.2) is 0 Å². The van der Waals surface area contributed by atoms with E-state index in [2.05, 4.69) is 16.8 Å². The van der Waals surface area contributed by atoms with Crippen LogP contribution in [-0.2, 0) is 6.54 Å². The molecule has 19 heavy (non-hydrogen) atoms. The summed E-state index contributed by atoms with van der Waals surface area (Å²) in [5, 5.41) is 0. The van der Waals surface area contributed by atoms with Gasteiger partial charge in [-0.1, -0.05) is 6.07 Å². The highest BCUT2D eigenvalue weighted by atomic mass is 19.1. The summed E-state index contributed by atoms with van der Waals surface area (Å²) in [6.45, 7) is 3.78. The van der Waals surface area contributed by atoms with Gasteiger partial charge in [-0.2, -0.15) is 0 Å². The number of piperidine rings is 1. The van der Waals surface area contributed by atoms with Crippen molar-refractivity contribution in [2.75, 3.05) is 26.7 Å². The molecule has 1 aromatic carbocycles. The van der Waals surface area contributed by atoms with E-state index >= 15 is 0 Å². The molecule has 2 aliphatic rings. The smallest absolute Gasteiger partial charge is 0.123 e. The molecule has 0 radical (unpaired) electrons. The summed E-state index contributed by atoms with van der Waals surface area (Å²) in [5.74, 6) is -0.151. The minimum Gasteiger partial charge on any atom is -0.329 e. The number of halogens is 1.